The maximum Gasteiger partial charge on any atom is 0.162 e. The molecule has 3 nitrogen and oxygen atoms in total. The number of hydrogen-bond donors (Lipinski definition) is 0. The van der Waals surface area contributed by atoms with E-state index in [2.05, 4.69) is 15.9 Å². The predicted molar refractivity (Wildman–Crippen MR) is 84.1 cm³/mol. The van der Waals surface area contributed by atoms with E-state index in [4.69, 9.17) is 25.8 Å². The molecule has 2 aromatic rings. The summed E-state index contributed by atoms with van der Waals surface area (Å²) in [6, 6.07) is 5.74. The molecular weight excluding hydrogens is 364 g/mol. The number of methoxy groups -OCH3 is 1. The highest BCUT2D eigenvalue weighted by Gasteiger charge is 2.21. The maximum absolute atomic E-state index is 6.35. The van der Waals surface area contributed by atoms with Gasteiger partial charge in [0.15, 0.2) is 11.5 Å². The van der Waals surface area contributed by atoms with Gasteiger partial charge in [-0.3, -0.25) is 0 Å². The van der Waals surface area contributed by atoms with Crippen LogP contribution < -0.4 is 14.2 Å². The third-order valence-electron chi connectivity index (χ3n) is 3.02. The van der Waals surface area contributed by atoms with E-state index in [-0.39, 0.29) is 4.83 Å². The van der Waals surface area contributed by atoms with Crippen LogP contribution in [0.4, 0.5) is 0 Å². The van der Waals surface area contributed by atoms with Crippen LogP contribution in [0.25, 0.3) is 0 Å². The SMILES string of the molecule is COc1csc(C(Br)c2cc3c(cc2Cl)OCCO3)c1. The van der Waals surface area contributed by atoms with E-state index in [0.29, 0.717) is 24.0 Å². The highest BCUT2D eigenvalue weighted by molar-refractivity contribution is 9.09. The lowest BCUT2D eigenvalue weighted by Crippen LogP contribution is -2.15. The van der Waals surface area contributed by atoms with Gasteiger partial charge in [0.1, 0.15) is 19.0 Å². The zero-order valence-electron chi connectivity index (χ0n) is 10.7. The highest BCUT2D eigenvalue weighted by atomic mass is 79.9. The van der Waals surface area contributed by atoms with Crippen molar-refractivity contribution in [2.24, 2.45) is 0 Å². The topological polar surface area (TPSA) is 27.7 Å². The molecule has 0 spiro atoms. The van der Waals surface area contributed by atoms with Crippen molar-refractivity contribution in [3.8, 4) is 17.2 Å². The molecule has 1 aromatic carbocycles. The van der Waals surface area contributed by atoms with Crippen molar-refractivity contribution in [3.63, 3.8) is 0 Å². The van der Waals surface area contributed by atoms with Gasteiger partial charge in [-0.25, -0.2) is 0 Å². The molecule has 0 radical (unpaired) electrons. The molecule has 6 heteroatoms. The number of benzene rings is 1. The van der Waals surface area contributed by atoms with E-state index >= 15 is 0 Å². The molecule has 106 valence electrons. The Morgan fingerprint density at radius 1 is 1.25 bits per heavy atom. The van der Waals surface area contributed by atoms with Crippen LogP contribution in [0.1, 0.15) is 15.3 Å². The Balaban J connectivity index is 1.96. The monoisotopic (exact) mass is 374 g/mol. The van der Waals surface area contributed by atoms with Crippen LogP contribution in [0.5, 0.6) is 17.2 Å². The van der Waals surface area contributed by atoms with E-state index < -0.39 is 0 Å². The second kappa shape index (κ2) is 5.84. The van der Waals surface area contributed by atoms with Crippen LogP contribution in [0.2, 0.25) is 5.02 Å². The second-order valence-electron chi connectivity index (χ2n) is 4.27. The molecule has 1 aliphatic rings. The Morgan fingerprint density at radius 2 is 1.95 bits per heavy atom. The lowest BCUT2D eigenvalue weighted by molar-refractivity contribution is 0.171. The van der Waals surface area contributed by atoms with Crippen molar-refractivity contribution in [1.82, 2.24) is 0 Å². The fourth-order valence-electron chi connectivity index (χ4n) is 2.00. The molecule has 0 saturated heterocycles. The van der Waals surface area contributed by atoms with Gasteiger partial charge in [0.05, 0.1) is 11.9 Å². The standard InChI is InChI=1S/C14H12BrClO3S/c1-17-8-4-13(20-7-8)14(15)9-5-11-12(6-10(9)16)19-3-2-18-11/h4-7,14H,2-3H2,1H3. The van der Waals surface area contributed by atoms with Gasteiger partial charge in [0, 0.05) is 21.3 Å². The average molecular weight is 376 g/mol. The van der Waals surface area contributed by atoms with Crippen LogP contribution in [0, 0.1) is 0 Å². The van der Waals surface area contributed by atoms with Gasteiger partial charge in [0.2, 0.25) is 0 Å². The molecule has 0 N–H and O–H groups in total. The molecule has 1 aromatic heterocycles. The minimum absolute atomic E-state index is 0.000253. The zero-order valence-corrected chi connectivity index (χ0v) is 13.8. The highest BCUT2D eigenvalue weighted by Crippen LogP contribution is 2.44. The average Bonchev–Trinajstić information content (AvgIpc) is 2.94. The predicted octanol–water partition coefficient (Wildman–Crippen LogP) is 4.67. The van der Waals surface area contributed by atoms with Gasteiger partial charge in [-0.1, -0.05) is 27.5 Å². The summed E-state index contributed by atoms with van der Waals surface area (Å²) in [6.45, 7) is 1.12. The summed E-state index contributed by atoms with van der Waals surface area (Å²) >= 11 is 11.7. The number of thiophene rings is 1. The first-order chi connectivity index (χ1) is 9.69. The van der Waals surface area contributed by atoms with Gasteiger partial charge >= 0.3 is 0 Å². The normalized spacial score (nSPS) is 14.9. The van der Waals surface area contributed by atoms with Crippen molar-refractivity contribution in [3.05, 3.63) is 39.0 Å². The Bertz CT molecular complexity index is 629. The number of halogens is 2. The number of alkyl halides is 1. The Labute approximate surface area is 134 Å². The third kappa shape index (κ3) is 2.62. The summed E-state index contributed by atoms with van der Waals surface area (Å²) in [4.78, 5) is 1.13. The summed E-state index contributed by atoms with van der Waals surface area (Å²) in [5.41, 5.74) is 0.959. The van der Waals surface area contributed by atoms with Crippen LogP contribution in [-0.2, 0) is 0 Å². The van der Waals surface area contributed by atoms with E-state index in [9.17, 15) is 0 Å². The molecule has 0 amide bonds. The minimum Gasteiger partial charge on any atom is -0.496 e. The molecular formula is C14H12BrClO3S. The summed E-state index contributed by atoms with van der Waals surface area (Å²) in [5, 5.41) is 2.62. The van der Waals surface area contributed by atoms with Gasteiger partial charge in [-0.15, -0.1) is 11.3 Å². The van der Waals surface area contributed by atoms with Crippen molar-refractivity contribution >= 4 is 38.9 Å². The molecule has 2 heterocycles. The van der Waals surface area contributed by atoms with Crippen molar-refractivity contribution in [1.29, 1.82) is 0 Å². The number of hydrogen-bond acceptors (Lipinski definition) is 4. The third-order valence-corrected chi connectivity index (χ3v) is 5.61. The van der Waals surface area contributed by atoms with Gasteiger partial charge in [-0.05, 0) is 17.7 Å². The largest absolute Gasteiger partial charge is 0.496 e. The number of fused-ring (bicyclic) bond motifs is 1. The number of rotatable bonds is 3. The smallest absolute Gasteiger partial charge is 0.162 e. The molecule has 1 atom stereocenters. The lowest BCUT2D eigenvalue weighted by Gasteiger charge is -2.21. The van der Waals surface area contributed by atoms with E-state index in [1.165, 1.54) is 0 Å². The maximum atomic E-state index is 6.35. The Kier molecular flexibility index (Phi) is 4.10. The summed E-state index contributed by atoms with van der Waals surface area (Å²) in [5.74, 6) is 2.29. The quantitative estimate of drug-likeness (QED) is 0.730. The van der Waals surface area contributed by atoms with E-state index in [1.807, 2.05) is 23.6 Å². The van der Waals surface area contributed by atoms with E-state index in [1.54, 1.807) is 18.4 Å². The molecule has 1 aliphatic heterocycles. The Hall–Kier alpha value is -0.910. The first-order valence-corrected chi connectivity index (χ1v) is 8.22. The summed E-state index contributed by atoms with van der Waals surface area (Å²) in [6.07, 6.45) is 0. The summed E-state index contributed by atoms with van der Waals surface area (Å²) < 4.78 is 16.3. The molecule has 0 fully saturated rings. The van der Waals surface area contributed by atoms with Gasteiger partial charge in [-0.2, -0.15) is 0 Å². The Morgan fingerprint density at radius 3 is 2.60 bits per heavy atom. The van der Waals surface area contributed by atoms with Crippen LogP contribution >= 0.6 is 38.9 Å². The van der Waals surface area contributed by atoms with E-state index in [0.717, 1.165) is 21.9 Å². The molecule has 1 unspecified atom stereocenters. The molecule has 0 bridgehead atoms. The fraction of sp³-hybridized carbons (Fsp3) is 0.286. The van der Waals surface area contributed by atoms with Crippen LogP contribution in [0.3, 0.4) is 0 Å². The molecule has 20 heavy (non-hydrogen) atoms. The van der Waals surface area contributed by atoms with Crippen molar-refractivity contribution < 1.29 is 14.2 Å². The van der Waals surface area contributed by atoms with Gasteiger partial charge in [0.25, 0.3) is 0 Å². The fourth-order valence-corrected chi connectivity index (χ4v) is 4.08. The van der Waals surface area contributed by atoms with Gasteiger partial charge < -0.3 is 14.2 Å². The minimum atomic E-state index is -0.000253. The van der Waals surface area contributed by atoms with Crippen molar-refractivity contribution in [2.45, 2.75) is 4.83 Å². The lowest BCUT2D eigenvalue weighted by atomic mass is 10.1. The zero-order chi connectivity index (χ0) is 14.1. The second-order valence-corrected chi connectivity index (χ2v) is 6.53. The molecule has 0 saturated carbocycles. The summed E-state index contributed by atoms with van der Waals surface area (Å²) in [7, 11) is 1.66. The molecule has 0 aliphatic carbocycles. The van der Waals surface area contributed by atoms with Crippen LogP contribution in [-0.4, -0.2) is 20.3 Å². The van der Waals surface area contributed by atoms with Crippen LogP contribution in [0.15, 0.2) is 23.6 Å². The first kappa shape index (κ1) is 14.0. The number of ether oxygens (including phenoxy) is 3. The first-order valence-electron chi connectivity index (χ1n) is 6.04. The molecule has 3 rings (SSSR count). The van der Waals surface area contributed by atoms with Crippen molar-refractivity contribution in [2.75, 3.05) is 20.3 Å².